The summed E-state index contributed by atoms with van der Waals surface area (Å²) in [6.07, 6.45) is 0.0674. The summed E-state index contributed by atoms with van der Waals surface area (Å²) < 4.78 is 25.5. The van der Waals surface area contributed by atoms with Crippen LogP contribution in [0.1, 0.15) is 44.5 Å². The van der Waals surface area contributed by atoms with E-state index in [4.69, 9.17) is 18.6 Å². The van der Waals surface area contributed by atoms with Gasteiger partial charge in [0.05, 0.1) is 26.4 Å². The van der Waals surface area contributed by atoms with E-state index in [9.17, 15) is 14.4 Å². The van der Waals surface area contributed by atoms with Crippen LogP contribution in [-0.2, 0) is 30.0 Å². The summed E-state index contributed by atoms with van der Waals surface area (Å²) in [5.74, 6) is -0.633. The van der Waals surface area contributed by atoms with Gasteiger partial charge in [0.2, 0.25) is 5.60 Å². The van der Waals surface area contributed by atoms with Crippen LogP contribution < -0.4 is 11.2 Å². The summed E-state index contributed by atoms with van der Waals surface area (Å²) >= 11 is 0. The van der Waals surface area contributed by atoms with Gasteiger partial charge in [-0.1, -0.05) is 51.1 Å². The van der Waals surface area contributed by atoms with Crippen molar-refractivity contribution in [1.82, 2.24) is 9.55 Å². The van der Waals surface area contributed by atoms with Crippen LogP contribution in [0.4, 0.5) is 0 Å². The normalized spacial score (nSPS) is 22.8. The number of nitrogens with one attached hydrogen (secondary N) is 1. The molecule has 0 unspecified atom stereocenters. The lowest BCUT2D eigenvalue weighted by atomic mass is 9.97. The Balaban J connectivity index is 2.01. The SMILES string of the molecule is COC(=O)[C@]1(COCc2ccccc2)O[C@@H](n2cc(C)c(=O)[nH]c2=O)C[C@@H]1O[Si](C)(C)C(C)(C)C. The Kier molecular flexibility index (Phi) is 7.90. The van der Waals surface area contributed by atoms with Crippen molar-refractivity contribution in [2.45, 2.75) is 76.8 Å². The lowest BCUT2D eigenvalue weighted by Crippen LogP contribution is -2.57. The Morgan fingerprint density at radius 3 is 2.49 bits per heavy atom. The third-order valence-corrected chi connectivity index (χ3v) is 11.4. The molecule has 3 rings (SSSR count). The van der Waals surface area contributed by atoms with Crippen molar-refractivity contribution in [2.75, 3.05) is 13.7 Å². The Hall–Kier alpha value is -2.53. The monoisotopic (exact) mass is 504 g/mol. The van der Waals surface area contributed by atoms with E-state index in [-0.39, 0.29) is 24.7 Å². The fourth-order valence-corrected chi connectivity index (χ4v) is 5.17. The molecular formula is C25H36N2O7Si. The first-order valence-corrected chi connectivity index (χ1v) is 14.6. The summed E-state index contributed by atoms with van der Waals surface area (Å²) in [6, 6.07) is 9.58. The van der Waals surface area contributed by atoms with E-state index >= 15 is 0 Å². The molecular weight excluding hydrogens is 468 g/mol. The molecule has 10 heteroatoms. The lowest BCUT2D eigenvalue weighted by Gasteiger charge is -2.41. The predicted molar refractivity (Wildman–Crippen MR) is 134 cm³/mol. The number of ether oxygens (including phenoxy) is 3. The lowest BCUT2D eigenvalue weighted by molar-refractivity contribution is -0.191. The molecule has 1 fully saturated rings. The molecule has 1 aromatic carbocycles. The van der Waals surface area contributed by atoms with E-state index in [1.807, 2.05) is 30.3 Å². The molecule has 0 saturated carbocycles. The number of H-pyrrole nitrogens is 1. The van der Waals surface area contributed by atoms with Crippen LogP contribution in [0, 0.1) is 6.92 Å². The highest BCUT2D eigenvalue weighted by atomic mass is 28.4. The number of aromatic nitrogens is 2. The fraction of sp³-hybridized carbons (Fsp3) is 0.560. The average Bonchev–Trinajstić information content (AvgIpc) is 3.14. The van der Waals surface area contributed by atoms with Crippen LogP contribution in [-0.4, -0.2) is 49.3 Å². The van der Waals surface area contributed by atoms with E-state index in [2.05, 4.69) is 38.8 Å². The van der Waals surface area contributed by atoms with Gasteiger partial charge in [0.1, 0.15) is 6.23 Å². The van der Waals surface area contributed by atoms with Crippen molar-refractivity contribution >= 4 is 14.3 Å². The first-order chi connectivity index (χ1) is 16.3. The molecule has 1 N–H and O–H groups in total. The van der Waals surface area contributed by atoms with Gasteiger partial charge in [0, 0.05) is 18.2 Å². The summed E-state index contributed by atoms with van der Waals surface area (Å²) in [7, 11) is -1.08. The molecule has 9 nitrogen and oxygen atoms in total. The van der Waals surface area contributed by atoms with Gasteiger partial charge in [0.15, 0.2) is 8.32 Å². The van der Waals surface area contributed by atoms with E-state index < -0.39 is 43.5 Å². The number of aryl methyl sites for hydroxylation is 1. The molecule has 0 bridgehead atoms. The summed E-state index contributed by atoms with van der Waals surface area (Å²) in [4.78, 5) is 40.1. The Labute approximate surface area is 206 Å². The number of carbonyl (C=O) groups is 1. The van der Waals surface area contributed by atoms with Gasteiger partial charge in [-0.25, -0.2) is 9.59 Å². The van der Waals surface area contributed by atoms with Gasteiger partial charge in [-0.15, -0.1) is 0 Å². The second kappa shape index (κ2) is 10.2. The standard InChI is InChI=1S/C25H36N2O7Si/c1-17-14-27(23(30)26-21(17)28)20-13-19(34-35(6,7)24(2,3)4)25(33-20,22(29)31-5)16-32-15-18-11-9-8-10-12-18/h8-12,14,19-20H,13,15-16H2,1-7H3,(H,26,28,30)/t19-,20+,25+/m0/s1. The van der Waals surface area contributed by atoms with Crippen LogP contribution in [0.15, 0.2) is 46.1 Å². The van der Waals surface area contributed by atoms with Crippen LogP contribution in [0.5, 0.6) is 0 Å². The summed E-state index contributed by atoms with van der Waals surface area (Å²) in [5.41, 5.74) is -1.39. The highest BCUT2D eigenvalue weighted by molar-refractivity contribution is 6.74. The summed E-state index contributed by atoms with van der Waals surface area (Å²) in [5, 5.41) is -0.136. The maximum atomic E-state index is 13.3. The molecule has 1 aromatic heterocycles. The molecule has 2 heterocycles. The smallest absolute Gasteiger partial charge is 0.343 e. The Morgan fingerprint density at radius 2 is 1.89 bits per heavy atom. The second-order valence-electron chi connectivity index (χ2n) is 10.5. The van der Waals surface area contributed by atoms with Crippen LogP contribution >= 0.6 is 0 Å². The van der Waals surface area contributed by atoms with Crippen molar-refractivity contribution in [3.8, 4) is 0 Å². The summed E-state index contributed by atoms with van der Waals surface area (Å²) in [6.45, 7) is 12.2. The molecule has 1 aliphatic rings. The first kappa shape index (κ1) is 27.1. The number of esters is 1. The topological polar surface area (TPSA) is 109 Å². The van der Waals surface area contributed by atoms with Crippen LogP contribution in [0.25, 0.3) is 0 Å². The van der Waals surface area contributed by atoms with Crippen molar-refractivity contribution in [2.24, 2.45) is 0 Å². The van der Waals surface area contributed by atoms with Crippen molar-refractivity contribution < 1.29 is 23.4 Å². The minimum absolute atomic E-state index is 0.124. The molecule has 0 radical (unpaired) electrons. The molecule has 192 valence electrons. The number of hydrogen-bond acceptors (Lipinski definition) is 7. The molecule has 35 heavy (non-hydrogen) atoms. The van der Waals surface area contributed by atoms with Crippen LogP contribution in [0.3, 0.4) is 0 Å². The Bertz CT molecular complexity index is 1150. The second-order valence-corrected chi connectivity index (χ2v) is 15.3. The van der Waals surface area contributed by atoms with E-state index in [1.54, 1.807) is 6.92 Å². The predicted octanol–water partition coefficient (Wildman–Crippen LogP) is 3.28. The van der Waals surface area contributed by atoms with Gasteiger partial charge >= 0.3 is 11.7 Å². The zero-order chi connectivity index (χ0) is 26.0. The highest BCUT2D eigenvalue weighted by Crippen LogP contribution is 2.45. The zero-order valence-corrected chi connectivity index (χ0v) is 22.5. The van der Waals surface area contributed by atoms with Gasteiger partial charge in [-0.2, -0.15) is 0 Å². The Morgan fingerprint density at radius 1 is 1.23 bits per heavy atom. The number of hydrogen-bond donors (Lipinski definition) is 1. The number of benzene rings is 1. The van der Waals surface area contributed by atoms with Gasteiger partial charge < -0.3 is 18.6 Å². The quantitative estimate of drug-likeness (QED) is 0.434. The minimum Gasteiger partial charge on any atom is -0.467 e. The van der Waals surface area contributed by atoms with Crippen molar-refractivity contribution in [3.63, 3.8) is 0 Å². The largest absolute Gasteiger partial charge is 0.467 e. The van der Waals surface area contributed by atoms with E-state index in [0.717, 1.165) is 5.56 Å². The number of aromatic amines is 1. The minimum atomic E-state index is -2.37. The fourth-order valence-electron chi connectivity index (χ4n) is 3.82. The average molecular weight is 505 g/mol. The number of rotatable bonds is 8. The number of carbonyl (C=O) groups excluding carboxylic acids is 1. The van der Waals surface area contributed by atoms with Gasteiger partial charge in [0.25, 0.3) is 5.56 Å². The molecule has 0 spiro atoms. The van der Waals surface area contributed by atoms with Crippen molar-refractivity contribution in [3.05, 3.63) is 68.5 Å². The molecule has 0 amide bonds. The van der Waals surface area contributed by atoms with E-state index in [0.29, 0.717) is 5.56 Å². The molecule has 0 aliphatic carbocycles. The number of nitrogens with zero attached hydrogens (tertiary/aromatic N) is 1. The highest BCUT2D eigenvalue weighted by Gasteiger charge is 2.59. The number of methoxy groups -OCH3 is 1. The third-order valence-electron chi connectivity index (χ3n) is 6.94. The third kappa shape index (κ3) is 5.66. The zero-order valence-electron chi connectivity index (χ0n) is 21.5. The van der Waals surface area contributed by atoms with Gasteiger partial charge in [-0.3, -0.25) is 14.3 Å². The van der Waals surface area contributed by atoms with E-state index in [1.165, 1.54) is 17.9 Å². The maximum absolute atomic E-state index is 13.3. The maximum Gasteiger partial charge on any atom is 0.343 e. The molecule has 1 saturated heterocycles. The van der Waals surface area contributed by atoms with Crippen LogP contribution in [0.2, 0.25) is 18.1 Å². The molecule has 1 aliphatic heterocycles. The molecule has 3 atom stereocenters. The van der Waals surface area contributed by atoms with Gasteiger partial charge in [-0.05, 0) is 30.6 Å². The molecule has 2 aromatic rings. The van der Waals surface area contributed by atoms with Crippen molar-refractivity contribution in [1.29, 1.82) is 0 Å². The first-order valence-electron chi connectivity index (χ1n) is 11.7.